The number of nitrogens with one attached hydrogen (secondary N) is 3. The molecule has 38 heavy (non-hydrogen) atoms. The molecule has 1 amide bonds. The van der Waals surface area contributed by atoms with Crippen LogP contribution < -0.4 is 22.1 Å². The zero-order chi connectivity index (χ0) is 26.6. The van der Waals surface area contributed by atoms with Crippen molar-refractivity contribution in [1.29, 1.82) is 0 Å². The third-order valence-electron chi connectivity index (χ3n) is 6.37. The predicted molar refractivity (Wildman–Crippen MR) is 141 cm³/mol. The largest absolute Gasteiger partial charge is 0.493 e. The summed E-state index contributed by atoms with van der Waals surface area (Å²) in [5.41, 5.74) is 0.0518. The molecule has 1 fully saturated rings. The minimum atomic E-state index is -0.626. The fourth-order valence-electron chi connectivity index (χ4n) is 4.52. The van der Waals surface area contributed by atoms with Crippen molar-refractivity contribution in [2.24, 2.45) is 0 Å². The summed E-state index contributed by atoms with van der Waals surface area (Å²) in [6, 6.07) is 5.08. The highest BCUT2D eigenvalue weighted by Gasteiger charge is 2.23. The third kappa shape index (κ3) is 5.68. The molecule has 1 atom stereocenters. The lowest BCUT2D eigenvalue weighted by molar-refractivity contribution is -0.124. The molecule has 1 saturated heterocycles. The van der Waals surface area contributed by atoms with Crippen LogP contribution in [0, 0.1) is 0 Å². The second-order valence-corrected chi connectivity index (χ2v) is 9.49. The molecule has 1 unspecified atom stereocenters. The fraction of sp³-hybridized carbons (Fsp3) is 0.269. The van der Waals surface area contributed by atoms with Crippen molar-refractivity contribution in [3.05, 3.63) is 103 Å². The number of piperazine rings is 1. The number of amides is 1. The molecule has 3 aromatic rings. The Morgan fingerprint density at radius 2 is 2.08 bits per heavy atom. The minimum Gasteiger partial charge on any atom is -0.493 e. The third-order valence-corrected chi connectivity index (χ3v) is 6.64. The second-order valence-electron chi connectivity index (χ2n) is 9.00. The second kappa shape index (κ2) is 11.0. The van der Waals surface area contributed by atoms with Crippen LogP contribution in [0.1, 0.15) is 17.9 Å². The van der Waals surface area contributed by atoms with E-state index in [0.717, 1.165) is 6.54 Å². The number of aromatic amines is 2. The zero-order valence-electron chi connectivity index (χ0n) is 20.3. The standard InChI is InChI=1S/C26H25ClN6O5/c27-18-8-16(9-20(11-18)38-7-6-32-5-4-29-23(34)15-32)21-10-17(22-13-30-26(37)31-24(22)35)14-33(25(21)36)19-2-1-3-28-12-19/h1-3,9-14,16H,4-8,15H2,(H,29,34)(H2,30,31,35,37). The highest BCUT2D eigenvalue weighted by Crippen LogP contribution is 2.33. The molecule has 0 radical (unpaired) electrons. The number of H-pyrrole nitrogens is 2. The van der Waals surface area contributed by atoms with Gasteiger partial charge in [-0.05, 0) is 36.8 Å². The molecule has 3 N–H and O–H groups in total. The summed E-state index contributed by atoms with van der Waals surface area (Å²) in [4.78, 5) is 60.2. The Hall–Kier alpha value is -4.22. The molecule has 0 bridgehead atoms. The Labute approximate surface area is 221 Å². The number of hydrogen-bond acceptors (Lipinski definition) is 7. The van der Waals surface area contributed by atoms with Gasteiger partial charge >= 0.3 is 5.69 Å². The SMILES string of the molecule is O=C1CN(CCOC2=CC(c3cc(-c4c[nH]c(=O)[nH]c4=O)cn(-c4cccnc4)c3=O)CC(Cl)=C2)CCN1. The Kier molecular flexibility index (Phi) is 7.38. The molecule has 196 valence electrons. The van der Waals surface area contributed by atoms with Gasteiger partial charge in [0.15, 0.2) is 0 Å². The van der Waals surface area contributed by atoms with Crippen LogP contribution >= 0.6 is 11.6 Å². The topological polar surface area (TPSA) is 142 Å². The van der Waals surface area contributed by atoms with Gasteiger partial charge in [0.2, 0.25) is 5.91 Å². The van der Waals surface area contributed by atoms with E-state index in [0.29, 0.717) is 60.3 Å². The molecule has 0 saturated carbocycles. The van der Waals surface area contributed by atoms with Crippen molar-refractivity contribution in [2.45, 2.75) is 12.3 Å². The van der Waals surface area contributed by atoms with Crippen molar-refractivity contribution < 1.29 is 9.53 Å². The van der Waals surface area contributed by atoms with Crippen molar-refractivity contribution in [3.8, 4) is 16.8 Å². The maximum absolute atomic E-state index is 13.7. The molecule has 0 spiro atoms. The van der Waals surface area contributed by atoms with Crippen LogP contribution in [0.3, 0.4) is 0 Å². The van der Waals surface area contributed by atoms with Crippen LogP contribution in [0.25, 0.3) is 16.8 Å². The number of allylic oxidation sites excluding steroid dienone is 3. The van der Waals surface area contributed by atoms with Crippen LogP contribution in [0.4, 0.5) is 0 Å². The first kappa shape index (κ1) is 25.4. The van der Waals surface area contributed by atoms with Gasteiger partial charge in [0.25, 0.3) is 11.1 Å². The van der Waals surface area contributed by atoms with Crippen LogP contribution in [0.5, 0.6) is 0 Å². The lowest BCUT2D eigenvalue weighted by Crippen LogP contribution is -2.48. The summed E-state index contributed by atoms with van der Waals surface area (Å²) < 4.78 is 7.38. The van der Waals surface area contributed by atoms with E-state index >= 15 is 0 Å². The van der Waals surface area contributed by atoms with E-state index in [4.69, 9.17) is 16.3 Å². The summed E-state index contributed by atoms with van der Waals surface area (Å²) in [7, 11) is 0. The van der Waals surface area contributed by atoms with Gasteiger partial charge in [-0.15, -0.1) is 0 Å². The zero-order valence-corrected chi connectivity index (χ0v) is 21.0. The summed E-state index contributed by atoms with van der Waals surface area (Å²) in [5, 5.41) is 3.31. The van der Waals surface area contributed by atoms with Gasteiger partial charge in [0, 0.05) is 60.3 Å². The molecule has 3 aromatic heterocycles. The quantitative estimate of drug-likeness (QED) is 0.412. The van der Waals surface area contributed by atoms with Gasteiger partial charge in [-0.3, -0.25) is 33.8 Å². The Morgan fingerprint density at radius 1 is 1.21 bits per heavy atom. The van der Waals surface area contributed by atoms with Crippen molar-refractivity contribution in [1.82, 2.24) is 29.7 Å². The molecule has 12 heteroatoms. The molecule has 1 aliphatic heterocycles. The van der Waals surface area contributed by atoms with E-state index in [1.165, 1.54) is 10.8 Å². The monoisotopic (exact) mass is 536 g/mol. The van der Waals surface area contributed by atoms with Crippen molar-refractivity contribution in [3.63, 3.8) is 0 Å². The molecule has 5 rings (SSSR count). The first-order chi connectivity index (χ1) is 18.4. The van der Waals surface area contributed by atoms with Gasteiger partial charge < -0.3 is 15.0 Å². The van der Waals surface area contributed by atoms with Crippen LogP contribution in [0.15, 0.2) is 80.3 Å². The Balaban J connectivity index is 1.49. The van der Waals surface area contributed by atoms with Gasteiger partial charge in [-0.2, -0.15) is 0 Å². The lowest BCUT2D eigenvalue weighted by Gasteiger charge is -2.26. The van der Waals surface area contributed by atoms with Crippen LogP contribution in [0.2, 0.25) is 0 Å². The van der Waals surface area contributed by atoms with Gasteiger partial charge in [0.1, 0.15) is 12.4 Å². The highest BCUT2D eigenvalue weighted by molar-refractivity contribution is 6.29. The van der Waals surface area contributed by atoms with E-state index < -0.39 is 17.2 Å². The summed E-state index contributed by atoms with van der Waals surface area (Å²) in [5.74, 6) is 0.0788. The molecule has 1 aliphatic carbocycles. The van der Waals surface area contributed by atoms with Crippen LogP contribution in [-0.4, -0.2) is 63.1 Å². The van der Waals surface area contributed by atoms with E-state index in [1.807, 2.05) is 11.0 Å². The summed E-state index contributed by atoms with van der Waals surface area (Å²) >= 11 is 6.47. The van der Waals surface area contributed by atoms with Crippen LogP contribution in [-0.2, 0) is 9.53 Å². The van der Waals surface area contributed by atoms with Crippen molar-refractivity contribution in [2.75, 3.05) is 32.8 Å². The summed E-state index contributed by atoms with van der Waals surface area (Å²) in [6.07, 6.45) is 9.93. The number of nitrogens with zero attached hydrogens (tertiary/aromatic N) is 3. The van der Waals surface area contributed by atoms with Gasteiger partial charge in [-0.1, -0.05) is 11.6 Å². The number of hydrogen-bond donors (Lipinski definition) is 3. The van der Waals surface area contributed by atoms with E-state index in [-0.39, 0.29) is 17.0 Å². The normalized spacial score (nSPS) is 17.9. The van der Waals surface area contributed by atoms with Gasteiger partial charge in [-0.25, -0.2) is 4.79 Å². The molecule has 2 aliphatic rings. The molecular weight excluding hydrogens is 512 g/mol. The predicted octanol–water partition coefficient (Wildman–Crippen LogP) is 1.22. The number of rotatable bonds is 7. The van der Waals surface area contributed by atoms with Crippen molar-refractivity contribution >= 4 is 17.5 Å². The summed E-state index contributed by atoms with van der Waals surface area (Å²) in [6.45, 7) is 2.59. The average Bonchev–Trinajstić information content (AvgIpc) is 2.89. The number of halogens is 1. The maximum atomic E-state index is 13.7. The van der Waals surface area contributed by atoms with E-state index in [9.17, 15) is 19.2 Å². The first-order valence-electron chi connectivity index (χ1n) is 12.1. The number of ether oxygens (including phenoxy) is 1. The highest BCUT2D eigenvalue weighted by atomic mass is 35.5. The number of aromatic nitrogens is 4. The van der Waals surface area contributed by atoms with E-state index in [2.05, 4.69) is 20.3 Å². The first-order valence-corrected chi connectivity index (χ1v) is 12.4. The molecular formula is C26H25ClN6O5. The minimum absolute atomic E-state index is 0.0118. The lowest BCUT2D eigenvalue weighted by atomic mass is 9.91. The Bertz CT molecular complexity index is 1590. The fourth-order valence-corrected chi connectivity index (χ4v) is 4.80. The molecule has 4 heterocycles. The smallest absolute Gasteiger partial charge is 0.325 e. The number of carbonyl (C=O) groups is 1. The number of pyridine rings is 2. The Morgan fingerprint density at radius 3 is 2.84 bits per heavy atom. The van der Waals surface area contributed by atoms with E-state index in [1.54, 1.807) is 42.9 Å². The number of carbonyl (C=O) groups excluding carboxylic acids is 1. The van der Waals surface area contributed by atoms with Gasteiger partial charge in [0.05, 0.1) is 24.0 Å². The maximum Gasteiger partial charge on any atom is 0.325 e. The molecule has 0 aromatic carbocycles. The average molecular weight is 537 g/mol. The molecule has 11 nitrogen and oxygen atoms in total.